The highest BCUT2D eigenvalue weighted by atomic mass is 15.3. The Hall–Kier alpha value is -0.120. The van der Waals surface area contributed by atoms with Gasteiger partial charge in [-0.2, -0.15) is 0 Å². The van der Waals surface area contributed by atoms with Crippen molar-refractivity contribution >= 4 is 0 Å². The van der Waals surface area contributed by atoms with Crippen LogP contribution in [0.5, 0.6) is 0 Å². The topological polar surface area (TPSA) is 18.5 Å². The third-order valence-electron chi connectivity index (χ3n) is 5.49. The smallest absolute Gasteiger partial charge is 0.0346 e. The fourth-order valence-electron chi connectivity index (χ4n) is 4.11. The summed E-state index contributed by atoms with van der Waals surface area (Å²) in [4.78, 5) is 5.52. The summed E-state index contributed by atoms with van der Waals surface area (Å²) in [7, 11) is 0. The predicted octanol–water partition coefficient (Wildman–Crippen LogP) is 1.54. The molecule has 2 aliphatic heterocycles. The van der Waals surface area contributed by atoms with Gasteiger partial charge in [0.15, 0.2) is 0 Å². The number of rotatable bonds is 3. The molecule has 0 amide bonds. The number of hydrogen-bond donors (Lipinski definition) is 1. The zero-order valence-corrected chi connectivity index (χ0v) is 11.9. The van der Waals surface area contributed by atoms with Crippen molar-refractivity contribution in [3.63, 3.8) is 0 Å². The number of piperazine rings is 1. The van der Waals surface area contributed by atoms with E-state index in [1.807, 2.05) is 0 Å². The van der Waals surface area contributed by atoms with E-state index in [4.69, 9.17) is 0 Å². The second-order valence-corrected chi connectivity index (χ2v) is 6.40. The highest BCUT2D eigenvalue weighted by molar-refractivity contribution is 4.90. The summed E-state index contributed by atoms with van der Waals surface area (Å²) in [5.41, 5.74) is 0. The Kier molecular flexibility index (Phi) is 4.22. The zero-order chi connectivity index (χ0) is 12.4. The highest BCUT2D eigenvalue weighted by Crippen LogP contribution is 2.31. The Morgan fingerprint density at radius 3 is 2.22 bits per heavy atom. The quantitative estimate of drug-likeness (QED) is 0.821. The maximum absolute atomic E-state index is 3.39. The molecule has 2 heterocycles. The summed E-state index contributed by atoms with van der Waals surface area (Å²) in [6.07, 6.45) is 7.27. The van der Waals surface area contributed by atoms with E-state index in [1.54, 1.807) is 0 Å². The van der Waals surface area contributed by atoms with E-state index < -0.39 is 0 Å². The van der Waals surface area contributed by atoms with E-state index in [2.05, 4.69) is 22.0 Å². The van der Waals surface area contributed by atoms with Crippen molar-refractivity contribution in [1.82, 2.24) is 15.1 Å². The largest absolute Gasteiger partial charge is 0.314 e. The van der Waals surface area contributed by atoms with Gasteiger partial charge >= 0.3 is 0 Å². The first-order valence-electron chi connectivity index (χ1n) is 8.07. The second kappa shape index (κ2) is 5.89. The summed E-state index contributed by atoms with van der Waals surface area (Å²) in [5.74, 6) is 0.982. The van der Waals surface area contributed by atoms with Gasteiger partial charge in [0.05, 0.1) is 0 Å². The molecule has 3 fully saturated rings. The molecule has 0 bridgehead atoms. The van der Waals surface area contributed by atoms with Crippen molar-refractivity contribution in [3.8, 4) is 0 Å². The Labute approximate surface area is 112 Å². The van der Waals surface area contributed by atoms with Gasteiger partial charge in [-0.15, -0.1) is 0 Å². The van der Waals surface area contributed by atoms with E-state index in [9.17, 15) is 0 Å². The molecule has 0 aromatic carbocycles. The van der Waals surface area contributed by atoms with E-state index in [0.29, 0.717) is 0 Å². The molecule has 0 radical (unpaired) electrons. The fourth-order valence-corrected chi connectivity index (χ4v) is 4.11. The Balaban J connectivity index is 1.51. The van der Waals surface area contributed by atoms with E-state index in [-0.39, 0.29) is 0 Å². The minimum atomic E-state index is 0.848. The lowest BCUT2D eigenvalue weighted by atomic mass is 9.81. The molecule has 3 rings (SSSR count). The van der Waals surface area contributed by atoms with E-state index in [1.165, 1.54) is 71.4 Å². The van der Waals surface area contributed by atoms with Crippen LogP contribution >= 0.6 is 0 Å². The van der Waals surface area contributed by atoms with Gasteiger partial charge in [0.25, 0.3) is 0 Å². The molecule has 104 valence electrons. The molecular weight excluding hydrogens is 222 g/mol. The Morgan fingerprint density at radius 1 is 0.944 bits per heavy atom. The molecule has 3 nitrogen and oxygen atoms in total. The van der Waals surface area contributed by atoms with Crippen molar-refractivity contribution in [3.05, 3.63) is 0 Å². The molecule has 1 saturated carbocycles. The number of nitrogens with one attached hydrogen (secondary N) is 1. The molecule has 2 atom stereocenters. The number of nitrogens with zero attached hydrogens (tertiary/aromatic N) is 2. The molecular formula is C15H29N3. The lowest BCUT2D eigenvalue weighted by Crippen LogP contribution is -2.62. The first kappa shape index (κ1) is 12.9. The van der Waals surface area contributed by atoms with Gasteiger partial charge in [-0.05, 0) is 18.8 Å². The SMILES string of the molecule is CCC1CCCCC1N1CCN(C2CNC2)CC1. The van der Waals surface area contributed by atoms with Crippen LogP contribution in [0.25, 0.3) is 0 Å². The first-order chi connectivity index (χ1) is 8.88. The summed E-state index contributed by atoms with van der Waals surface area (Å²) in [6.45, 7) is 10.1. The predicted molar refractivity (Wildman–Crippen MR) is 75.8 cm³/mol. The Bertz CT molecular complexity index is 256. The van der Waals surface area contributed by atoms with Crippen LogP contribution in [0.1, 0.15) is 39.0 Å². The third kappa shape index (κ3) is 2.59. The van der Waals surface area contributed by atoms with E-state index >= 15 is 0 Å². The average Bonchev–Trinajstić information content (AvgIpc) is 2.38. The number of hydrogen-bond acceptors (Lipinski definition) is 3. The molecule has 3 heteroatoms. The van der Waals surface area contributed by atoms with Crippen molar-refractivity contribution in [2.75, 3.05) is 39.3 Å². The van der Waals surface area contributed by atoms with Crippen molar-refractivity contribution in [2.45, 2.75) is 51.1 Å². The Morgan fingerprint density at radius 2 is 1.61 bits per heavy atom. The van der Waals surface area contributed by atoms with Gasteiger partial charge in [-0.3, -0.25) is 9.80 Å². The van der Waals surface area contributed by atoms with Gasteiger partial charge in [0.1, 0.15) is 0 Å². The minimum absolute atomic E-state index is 0.848. The average molecular weight is 251 g/mol. The molecule has 2 saturated heterocycles. The maximum atomic E-state index is 3.39. The van der Waals surface area contributed by atoms with Crippen LogP contribution in [0, 0.1) is 5.92 Å². The van der Waals surface area contributed by atoms with Crippen LogP contribution in [0.3, 0.4) is 0 Å². The van der Waals surface area contributed by atoms with Crippen molar-refractivity contribution in [2.24, 2.45) is 5.92 Å². The van der Waals surface area contributed by atoms with Crippen molar-refractivity contribution in [1.29, 1.82) is 0 Å². The zero-order valence-electron chi connectivity index (χ0n) is 11.9. The minimum Gasteiger partial charge on any atom is -0.314 e. The lowest BCUT2D eigenvalue weighted by molar-refractivity contribution is 0.0224. The molecule has 2 unspecified atom stereocenters. The maximum Gasteiger partial charge on any atom is 0.0346 e. The van der Waals surface area contributed by atoms with Gasteiger partial charge in [-0.1, -0.05) is 26.2 Å². The molecule has 18 heavy (non-hydrogen) atoms. The normalized spacial score (nSPS) is 36.5. The lowest BCUT2D eigenvalue weighted by Gasteiger charge is -2.47. The van der Waals surface area contributed by atoms with Crippen molar-refractivity contribution < 1.29 is 0 Å². The standard InChI is InChI=1S/C15H29N3/c1-2-13-5-3-4-6-15(13)18-9-7-17(8-10-18)14-11-16-12-14/h13-16H,2-12H2,1H3. The summed E-state index contributed by atoms with van der Waals surface area (Å²) in [6, 6.07) is 1.76. The van der Waals surface area contributed by atoms with Gasteiger partial charge in [-0.25, -0.2) is 0 Å². The van der Waals surface area contributed by atoms with Crippen LogP contribution < -0.4 is 5.32 Å². The third-order valence-corrected chi connectivity index (χ3v) is 5.49. The highest BCUT2D eigenvalue weighted by Gasteiger charge is 2.33. The summed E-state index contributed by atoms with van der Waals surface area (Å²) in [5, 5.41) is 3.39. The van der Waals surface area contributed by atoms with Gasteiger partial charge in [0.2, 0.25) is 0 Å². The summed E-state index contributed by atoms with van der Waals surface area (Å²) < 4.78 is 0. The van der Waals surface area contributed by atoms with Crippen LogP contribution in [0.15, 0.2) is 0 Å². The van der Waals surface area contributed by atoms with Crippen LogP contribution in [0.2, 0.25) is 0 Å². The van der Waals surface area contributed by atoms with E-state index in [0.717, 1.165) is 18.0 Å². The van der Waals surface area contributed by atoms with Crippen LogP contribution in [-0.2, 0) is 0 Å². The van der Waals surface area contributed by atoms with Crippen LogP contribution in [0.4, 0.5) is 0 Å². The fraction of sp³-hybridized carbons (Fsp3) is 1.00. The van der Waals surface area contributed by atoms with Gasteiger partial charge < -0.3 is 5.32 Å². The monoisotopic (exact) mass is 251 g/mol. The molecule has 3 aliphatic rings. The molecule has 0 spiro atoms. The molecule has 0 aromatic heterocycles. The molecule has 0 aromatic rings. The second-order valence-electron chi connectivity index (χ2n) is 6.40. The molecule has 1 aliphatic carbocycles. The summed E-state index contributed by atoms with van der Waals surface area (Å²) >= 11 is 0. The van der Waals surface area contributed by atoms with Gasteiger partial charge in [0, 0.05) is 51.4 Å². The first-order valence-corrected chi connectivity index (χ1v) is 8.07. The molecule has 1 N–H and O–H groups in total. The van der Waals surface area contributed by atoms with Crippen LogP contribution in [-0.4, -0.2) is 61.2 Å².